The number of carbonyl (C=O) groups excluding carboxylic acids is 1. The summed E-state index contributed by atoms with van der Waals surface area (Å²) in [5.41, 5.74) is 2.34. The van der Waals surface area contributed by atoms with Crippen molar-refractivity contribution in [3.8, 4) is 11.5 Å². The molecule has 0 spiro atoms. The van der Waals surface area contributed by atoms with Crippen LogP contribution in [-0.4, -0.2) is 12.5 Å². The molecule has 0 saturated heterocycles. The van der Waals surface area contributed by atoms with E-state index in [0.29, 0.717) is 30.2 Å². The number of amides is 1. The summed E-state index contributed by atoms with van der Waals surface area (Å²) >= 11 is 3.48. The Balaban J connectivity index is 1.62. The van der Waals surface area contributed by atoms with Crippen LogP contribution < -0.4 is 14.8 Å². The number of ether oxygens (including phenoxy) is 2. The molecule has 0 bridgehead atoms. The van der Waals surface area contributed by atoms with E-state index < -0.39 is 0 Å². The molecule has 0 saturated carbocycles. The second kappa shape index (κ2) is 9.24. The van der Waals surface area contributed by atoms with Gasteiger partial charge in [0, 0.05) is 11.3 Å². The van der Waals surface area contributed by atoms with Crippen LogP contribution in [-0.2, 0) is 6.61 Å². The van der Waals surface area contributed by atoms with E-state index in [9.17, 15) is 4.79 Å². The molecule has 1 amide bonds. The predicted molar refractivity (Wildman–Crippen MR) is 110 cm³/mol. The molecule has 0 aliphatic rings. The second-order valence-corrected chi connectivity index (χ2v) is 6.69. The zero-order valence-electron chi connectivity index (χ0n) is 14.9. The van der Waals surface area contributed by atoms with Gasteiger partial charge < -0.3 is 14.8 Å². The monoisotopic (exact) mass is 425 g/mol. The van der Waals surface area contributed by atoms with Crippen LogP contribution >= 0.6 is 15.9 Å². The van der Waals surface area contributed by atoms with Crippen LogP contribution in [0.2, 0.25) is 0 Å². The summed E-state index contributed by atoms with van der Waals surface area (Å²) in [5.74, 6) is 1.28. The number of anilines is 1. The van der Waals surface area contributed by atoms with Gasteiger partial charge in [-0.15, -0.1) is 0 Å². The third-order valence-corrected chi connectivity index (χ3v) is 4.47. The van der Waals surface area contributed by atoms with E-state index in [-0.39, 0.29) is 5.91 Å². The highest BCUT2D eigenvalue weighted by Crippen LogP contribution is 2.27. The third-order valence-electron chi connectivity index (χ3n) is 3.85. The molecule has 3 aromatic carbocycles. The molecule has 0 radical (unpaired) electrons. The lowest BCUT2D eigenvalue weighted by Gasteiger charge is -2.11. The molecule has 0 aliphatic carbocycles. The molecule has 0 heterocycles. The van der Waals surface area contributed by atoms with Crippen molar-refractivity contribution in [3.05, 3.63) is 88.4 Å². The zero-order chi connectivity index (χ0) is 19.1. The molecule has 0 fully saturated rings. The maximum Gasteiger partial charge on any atom is 0.255 e. The first-order chi connectivity index (χ1) is 13.2. The van der Waals surface area contributed by atoms with E-state index in [2.05, 4.69) is 21.2 Å². The minimum atomic E-state index is -0.186. The first-order valence-electron chi connectivity index (χ1n) is 8.66. The van der Waals surface area contributed by atoms with Crippen molar-refractivity contribution >= 4 is 27.5 Å². The number of halogens is 1. The van der Waals surface area contributed by atoms with E-state index in [4.69, 9.17) is 9.47 Å². The molecule has 4 nitrogen and oxygen atoms in total. The normalized spacial score (nSPS) is 10.3. The fourth-order valence-corrected chi connectivity index (χ4v) is 2.99. The number of hydrogen-bond acceptors (Lipinski definition) is 3. The molecule has 1 N–H and O–H groups in total. The van der Waals surface area contributed by atoms with Gasteiger partial charge in [0.25, 0.3) is 5.91 Å². The van der Waals surface area contributed by atoms with E-state index in [1.165, 1.54) is 0 Å². The van der Waals surface area contributed by atoms with Crippen molar-refractivity contribution in [2.75, 3.05) is 11.9 Å². The van der Waals surface area contributed by atoms with Crippen molar-refractivity contribution < 1.29 is 14.3 Å². The van der Waals surface area contributed by atoms with Gasteiger partial charge in [-0.3, -0.25) is 4.79 Å². The number of nitrogens with one attached hydrogen (secondary N) is 1. The van der Waals surface area contributed by atoms with Crippen LogP contribution in [0.15, 0.2) is 77.3 Å². The molecule has 0 aromatic heterocycles. The van der Waals surface area contributed by atoms with Gasteiger partial charge in [0.2, 0.25) is 0 Å². The molecular weight excluding hydrogens is 406 g/mol. The fourth-order valence-electron chi connectivity index (χ4n) is 2.50. The summed E-state index contributed by atoms with van der Waals surface area (Å²) in [4.78, 5) is 12.5. The summed E-state index contributed by atoms with van der Waals surface area (Å²) < 4.78 is 12.0. The van der Waals surface area contributed by atoms with Crippen molar-refractivity contribution in [3.63, 3.8) is 0 Å². The average molecular weight is 426 g/mol. The Hall–Kier alpha value is -2.79. The van der Waals surface area contributed by atoms with Crippen molar-refractivity contribution in [2.24, 2.45) is 0 Å². The Kier molecular flexibility index (Phi) is 6.49. The molecule has 27 heavy (non-hydrogen) atoms. The largest absolute Gasteiger partial charge is 0.494 e. The quantitative estimate of drug-likeness (QED) is 0.529. The van der Waals surface area contributed by atoms with Crippen molar-refractivity contribution in [1.82, 2.24) is 0 Å². The smallest absolute Gasteiger partial charge is 0.255 e. The Morgan fingerprint density at radius 3 is 2.37 bits per heavy atom. The molecule has 0 atom stereocenters. The maximum absolute atomic E-state index is 12.5. The highest BCUT2D eigenvalue weighted by molar-refractivity contribution is 9.10. The average Bonchev–Trinajstić information content (AvgIpc) is 2.69. The first-order valence-corrected chi connectivity index (χ1v) is 9.45. The summed E-state index contributed by atoms with van der Waals surface area (Å²) in [6.45, 7) is 3.01. The molecular formula is C22H20BrNO3. The van der Waals surface area contributed by atoms with E-state index in [0.717, 1.165) is 15.8 Å². The SMILES string of the molecule is CCOc1ccc(NC(=O)c2ccc(OCc3ccccc3)c(Br)c2)cc1. The number of rotatable bonds is 7. The highest BCUT2D eigenvalue weighted by Gasteiger charge is 2.10. The van der Waals surface area contributed by atoms with Gasteiger partial charge in [-0.05, 0) is 70.9 Å². The summed E-state index contributed by atoms with van der Waals surface area (Å²) in [6, 6.07) is 22.5. The van der Waals surface area contributed by atoms with Crippen LogP contribution in [0.25, 0.3) is 0 Å². The highest BCUT2D eigenvalue weighted by atomic mass is 79.9. The molecule has 0 aliphatic heterocycles. The molecule has 138 valence electrons. The first kappa shape index (κ1) is 19.0. The van der Waals surface area contributed by atoms with Gasteiger partial charge in [0.05, 0.1) is 11.1 Å². The molecule has 3 aromatic rings. The molecule has 0 unspecified atom stereocenters. The Labute approximate surface area is 167 Å². The Morgan fingerprint density at radius 1 is 0.963 bits per heavy atom. The third kappa shape index (κ3) is 5.34. The minimum absolute atomic E-state index is 0.186. The lowest BCUT2D eigenvalue weighted by molar-refractivity contribution is 0.102. The van der Waals surface area contributed by atoms with E-state index in [1.54, 1.807) is 18.2 Å². The van der Waals surface area contributed by atoms with Crippen molar-refractivity contribution in [2.45, 2.75) is 13.5 Å². The summed E-state index contributed by atoms with van der Waals surface area (Å²) in [6.07, 6.45) is 0. The van der Waals surface area contributed by atoms with Gasteiger partial charge in [-0.1, -0.05) is 30.3 Å². The van der Waals surface area contributed by atoms with Gasteiger partial charge in [-0.2, -0.15) is 0 Å². The van der Waals surface area contributed by atoms with Gasteiger partial charge in [0.15, 0.2) is 0 Å². The standard InChI is InChI=1S/C22H20BrNO3/c1-2-26-19-11-9-18(10-12-19)24-22(25)17-8-13-21(20(23)14-17)27-15-16-6-4-3-5-7-16/h3-14H,2,15H2,1H3,(H,24,25). The Morgan fingerprint density at radius 2 is 1.70 bits per heavy atom. The minimum Gasteiger partial charge on any atom is -0.494 e. The van der Waals surface area contributed by atoms with Crippen LogP contribution in [0.1, 0.15) is 22.8 Å². The van der Waals surface area contributed by atoms with Crippen molar-refractivity contribution in [1.29, 1.82) is 0 Å². The fraction of sp³-hybridized carbons (Fsp3) is 0.136. The van der Waals surface area contributed by atoms with Crippen LogP contribution in [0.3, 0.4) is 0 Å². The summed E-state index contributed by atoms with van der Waals surface area (Å²) in [5, 5.41) is 2.88. The second-order valence-electron chi connectivity index (χ2n) is 5.83. The topological polar surface area (TPSA) is 47.6 Å². The van der Waals surface area contributed by atoms with Crippen LogP contribution in [0.4, 0.5) is 5.69 Å². The van der Waals surface area contributed by atoms with E-state index >= 15 is 0 Å². The van der Waals surface area contributed by atoms with Gasteiger partial charge in [-0.25, -0.2) is 0 Å². The lowest BCUT2D eigenvalue weighted by Crippen LogP contribution is -2.12. The zero-order valence-corrected chi connectivity index (χ0v) is 16.5. The van der Waals surface area contributed by atoms with E-state index in [1.807, 2.05) is 61.5 Å². The van der Waals surface area contributed by atoms with Gasteiger partial charge in [0.1, 0.15) is 18.1 Å². The number of hydrogen-bond donors (Lipinski definition) is 1. The van der Waals surface area contributed by atoms with Crippen LogP contribution in [0, 0.1) is 0 Å². The number of benzene rings is 3. The molecule has 3 rings (SSSR count). The van der Waals surface area contributed by atoms with Gasteiger partial charge >= 0.3 is 0 Å². The maximum atomic E-state index is 12.5. The number of carbonyl (C=O) groups is 1. The summed E-state index contributed by atoms with van der Waals surface area (Å²) in [7, 11) is 0. The molecule has 5 heteroatoms. The predicted octanol–water partition coefficient (Wildman–Crippen LogP) is 5.68. The lowest BCUT2D eigenvalue weighted by atomic mass is 10.2. The van der Waals surface area contributed by atoms with Crippen LogP contribution in [0.5, 0.6) is 11.5 Å². The Bertz CT molecular complexity index is 895.